The van der Waals surface area contributed by atoms with Crippen LogP contribution in [0.15, 0.2) is 42.6 Å². The van der Waals surface area contributed by atoms with Crippen LogP contribution in [0.3, 0.4) is 0 Å². The van der Waals surface area contributed by atoms with Crippen LogP contribution < -0.4 is 10.5 Å². The van der Waals surface area contributed by atoms with Crippen LogP contribution in [0.25, 0.3) is 0 Å². The second-order valence-corrected chi connectivity index (χ2v) is 3.62. The van der Waals surface area contributed by atoms with Gasteiger partial charge in [0.15, 0.2) is 5.75 Å². The number of nitrogens with two attached hydrogens (primary N) is 1. The van der Waals surface area contributed by atoms with Crippen LogP contribution in [0.2, 0.25) is 0 Å². The summed E-state index contributed by atoms with van der Waals surface area (Å²) in [5, 5.41) is 17.9. The molecule has 7 nitrogen and oxygen atoms in total. The number of non-ortho nitro benzene ring substituents is 1. The zero-order valence-corrected chi connectivity index (χ0v) is 9.74. The van der Waals surface area contributed by atoms with Gasteiger partial charge in [-0.25, -0.2) is 4.98 Å². The Morgan fingerprint density at radius 1 is 1.32 bits per heavy atom. The van der Waals surface area contributed by atoms with Gasteiger partial charge in [0.1, 0.15) is 17.3 Å². The minimum Gasteiger partial charge on any atom is -0.455 e. The van der Waals surface area contributed by atoms with E-state index in [0.29, 0.717) is 11.5 Å². The molecule has 1 heterocycles. The first kappa shape index (κ1) is 12.5. The highest BCUT2D eigenvalue weighted by atomic mass is 16.6. The Morgan fingerprint density at radius 3 is 2.58 bits per heavy atom. The van der Waals surface area contributed by atoms with E-state index in [4.69, 9.17) is 15.9 Å². The van der Waals surface area contributed by atoms with Gasteiger partial charge in [-0.15, -0.1) is 0 Å². The number of nitro benzene ring substituents is 1. The number of hydrogen-bond donors (Lipinski definition) is 2. The van der Waals surface area contributed by atoms with E-state index in [0.717, 1.165) is 0 Å². The first-order valence-electron chi connectivity index (χ1n) is 5.29. The number of nitrogen functional groups attached to an aromatic ring is 1. The Labute approximate surface area is 108 Å². The molecule has 2 aromatic rings. The fourth-order valence-electron chi connectivity index (χ4n) is 1.44. The molecule has 0 fully saturated rings. The molecule has 0 saturated heterocycles. The third-order valence-electron chi connectivity index (χ3n) is 2.30. The Morgan fingerprint density at radius 2 is 2.00 bits per heavy atom. The van der Waals surface area contributed by atoms with Crippen molar-refractivity contribution < 1.29 is 9.66 Å². The number of pyridine rings is 1. The van der Waals surface area contributed by atoms with E-state index in [1.807, 2.05) is 0 Å². The molecule has 19 heavy (non-hydrogen) atoms. The number of aromatic nitrogens is 1. The van der Waals surface area contributed by atoms with E-state index < -0.39 is 4.92 Å². The van der Waals surface area contributed by atoms with Gasteiger partial charge in [0.05, 0.1) is 4.92 Å². The first-order chi connectivity index (χ1) is 9.08. The monoisotopic (exact) mass is 258 g/mol. The SMILES string of the molecule is N=C(N)c1ncccc1Oc1ccc([N+](=O)[O-])cc1. The number of nitro groups is 1. The van der Waals surface area contributed by atoms with Crippen molar-refractivity contribution in [1.29, 1.82) is 5.41 Å². The van der Waals surface area contributed by atoms with Gasteiger partial charge in [-0.05, 0) is 24.3 Å². The fraction of sp³-hybridized carbons (Fsp3) is 0. The molecule has 3 N–H and O–H groups in total. The van der Waals surface area contributed by atoms with E-state index >= 15 is 0 Å². The second-order valence-electron chi connectivity index (χ2n) is 3.62. The smallest absolute Gasteiger partial charge is 0.269 e. The Bertz CT molecular complexity index is 625. The van der Waals surface area contributed by atoms with Gasteiger partial charge in [-0.2, -0.15) is 0 Å². The minimum atomic E-state index is -0.491. The Hall–Kier alpha value is -2.96. The number of benzene rings is 1. The molecule has 0 unspecified atom stereocenters. The maximum Gasteiger partial charge on any atom is 0.269 e. The number of rotatable bonds is 4. The summed E-state index contributed by atoms with van der Waals surface area (Å²) in [4.78, 5) is 14.0. The highest BCUT2D eigenvalue weighted by Gasteiger charge is 2.10. The predicted octanol–water partition coefficient (Wildman–Crippen LogP) is 2.07. The van der Waals surface area contributed by atoms with Crippen LogP contribution in [0, 0.1) is 15.5 Å². The molecule has 0 aliphatic rings. The van der Waals surface area contributed by atoms with Crippen molar-refractivity contribution in [2.24, 2.45) is 5.73 Å². The van der Waals surface area contributed by atoms with Crippen LogP contribution in [-0.2, 0) is 0 Å². The molecule has 0 radical (unpaired) electrons. The average molecular weight is 258 g/mol. The van der Waals surface area contributed by atoms with Crippen molar-refractivity contribution >= 4 is 11.5 Å². The molecule has 7 heteroatoms. The molecule has 1 aromatic carbocycles. The maximum atomic E-state index is 10.5. The molecule has 0 saturated carbocycles. The summed E-state index contributed by atoms with van der Waals surface area (Å²) >= 11 is 0. The lowest BCUT2D eigenvalue weighted by atomic mass is 10.3. The number of hydrogen-bond acceptors (Lipinski definition) is 5. The number of ether oxygens (including phenoxy) is 1. The lowest BCUT2D eigenvalue weighted by molar-refractivity contribution is -0.384. The number of nitrogens with one attached hydrogen (secondary N) is 1. The summed E-state index contributed by atoms with van der Waals surface area (Å²) in [6.45, 7) is 0. The highest BCUT2D eigenvalue weighted by molar-refractivity contribution is 5.95. The van der Waals surface area contributed by atoms with Crippen LogP contribution in [0.1, 0.15) is 5.69 Å². The van der Waals surface area contributed by atoms with Crippen LogP contribution in [0.4, 0.5) is 5.69 Å². The van der Waals surface area contributed by atoms with Crippen molar-refractivity contribution in [2.75, 3.05) is 0 Å². The summed E-state index contributed by atoms with van der Waals surface area (Å²) in [6.07, 6.45) is 1.50. The molecule has 2 rings (SSSR count). The zero-order chi connectivity index (χ0) is 13.8. The molecule has 0 atom stereocenters. The third kappa shape index (κ3) is 2.83. The third-order valence-corrected chi connectivity index (χ3v) is 2.30. The van der Waals surface area contributed by atoms with Gasteiger partial charge in [-0.1, -0.05) is 0 Å². The van der Waals surface area contributed by atoms with Crippen molar-refractivity contribution in [2.45, 2.75) is 0 Å². The molecule has 96 valence electrons. The second kappa shape index (κ2) is 5.13. The van der Waals surface area contributed by atoms with Gasteiger partial charge in [0, 0.05) is 18.3 Å². The lowest BCUT2D eigenvalue weighted by Crippen LogP contribution is -2.14. The molecular weight excluding hydrogens is 248 g/mol. The van der Waals surface area contributed by atoms with Crippen molar-refractivity contribution in [1.82, 2.24) is 4.98 Å². The quantitative estimate of drug-likeness (QED) is 0.377. The predicted molar refractivity (Wildman–Crippen MR) is 68.4 cm³/mol. The van der Waals surface area contributed by atoms with E-state index in [1.54, 1.807) is 12.1 Å². The molecule has 0 aliphatic heterocycles. The molecule has 1 aromatic heterocycles. The van der Waals surface area contributed by atoms with E-state index in [9.17, 15) is 10.1 Å². The molecule has 0 spiro atoms. The summed E-state index contributed by atoms with van der Waals surface area (Å²) in [5.41, 5.74) is 5.58. The van der Waals surface area contributed by atoms with Crippen LogP contribution >= 0.6 is 0 Å². The maximum absolute atomic E-state index is 10.5. The zero-order valence-electron chi connectivity index (χ0n) is 9.74. The summed E-state index contributed by atoms with van der Waals surface area (Å²) in [5.74, 6) is 0.516. The Balaban J connectivity index is 2.26. The van der Waals surface area contributed by atoms with Crippen molar-refractivity contribution in [3.05, 3.63) is 58.4 Å². The standard InChI is InChI=1S/C12H10N4O3/c13-12(14)11-10(2-1-7-15-11)19-9-5-3-8(4-6-9)16(17)18/h1-7H,(H3,13,14). The first-order valence-corrected chi connectivity index (χ1v) is 5.29. The summed E-state index contributed by atoms with van der Waals surface area (Å²) < 4.78 is 5.50. The minimum absolute atomic E-state index is 0.0228. The molecule has 0 amide bonds. The van der Waals surface area contributed by atoms with E-state index in [1.165, 1.54) is 30.5 Å². The number of amidine groups is 1. The largest absolute Gasteiger partial charge is 0.455 e. The van der Waals surface area contributed by atoms with Crippen LogP contribution in [-0.4, -0.2) is 15.7 Å². The van der Waals surface area contributed by atoms with E-state index in [2.05, 4.69) is 4.98 Å². The molecule has 0 bridgehead atoms. The molecular formula is C12H10N4O3. The van der Waals surface area contributed by atoms with Crippen molar-refractivity contribution in [3.8, 4) is 11.5 Å². The average Bonchev–Trinajstić information content (AvgIpc) is 2.39. The summed E-state index contributed by atoms with van der Waals surface area (Å²) in [6, 6.07) is 8.86. The van der Waals surface area contributed by atoms with Gasteiger partial charge >= 0.3 is 0 Å². The van der Waals surface area contributed by atoms with Gasteiger partial charge in [-0.3, -0.25) is 15.5 Å². The van der Waals surface area contributed by atoms with Gasteiger partial charge in [0.25, 0.3) is 5.69 Å². The van der Waals surface area contributed by atoms with E-state index in [-0.39, 0.29) is 17.2 Å². The highest BCUT2D eigenvalue weighted by Crippen LogP contribution is 2.25. The normalized spacial score (nSPS) is 9.89. The topological polar surface area (TPSA) is 115 Å². The van der Waals surface area contributed by atoms with Gasteiger partial charge in [0.2, 0.25) is 0 Å². The van der Waals surface area contributed by atoms with Crippen molar-refractivity contribution in [3.63, 3.8) is 0 Å². The Kier molecular flexibility index (Phi) is 3.37. The van der Waals surface area contributed by atoms with Crippen LogP contribution in [0.5, 0.6) is 11.5 Å². The molecule has 0 aliphatic carbocycles. The summed E-state index contributed by atoms with van der Waals surface area (Å²) in [7, 11) is 0. The lowest BCUT2D eigenvalue weighted by Gasteiger charge is -2.08. The van der Waals surface area contributed by atoms with Gasteiger partial charge < -0.3 is 10.5 Å². The number of nitrogens with zero attached hydrogens (tertiary/aromatic N) is 2. The fourth-order valence-corrected chi connectivity index (χ4v) is 1.44.